The van der Waals surface area contributed by atoms with Crippen LogP contribution in [-0.4, -0.2) is 67.7 Å². The number of anilines is 1. The fourth-order valence-corrected chi connectivity index (χ4v) is 3.53. The average molecular weight is 415 g/mol. The molecule has 2 aromatic rings. The van der Waals surface area contributed by atoms with Gasteiger partial charge in [-0.15, -0.1) is 0 Å². The van der Waals surface area contributed by atoms with Gasteiger partial charge in [-0.3, -0.25) is 0 Å². The summed E-state index contributed by atoms with van der Waals surface area (Å²) < 4.78 is 11.3. The molecule has 0 spiro atoms. The van der Waals surface area contributed by atoms with Gasteiger partial charge in [0.15, 0.2) is 0 Å². The normalized spacial score (nSPS) is 15.9. The van der Waals surface area contributed by atoms with E-state index in [4.69, 9.17) is 19.4 Å². The summed E-state index contributed by atoms with van der Waals surface area (Å²) in [4.78, 5) is 11.9. The van der Waals surface area contributed by atoms with Gasteiger partial charge in [-0.05, 0) is 32.0 Å². The lowest BCUT2D eigenvalue weighted by Crippen LogP contribution is -2.37. The van der Waals surface area contributed by atoms with Crippen LogP contribution in [0.4, 0.5) is 5.82 Å². The molecule has 1 saturated heterocycles. The molecule has 0 saturated carbocycles. The lowest BCUT2D eigenvalue weighted by Gasteiger charge is -2.32. The molecular weight excluding hydrogens is 380 g/mol. The number of hydrogen-bond donors (Lipinski definition) is 2. The maximum absolute atomic E-state index is 9.89. The molecule has 2 heterocycles. The van der Waals surface area contributed by atoms with Crippen LogP contribution < -0.4 is 15.0 Å². The van der Waals surface area contributed by atoms with Crippen LogP contribution in [0.15, 0.2) is 30.3 Å². The van der Waals surface area contributed by atoms with E-state index in [0.717, 1.165) is 49.0 Å². The van der Waals surface area contributed by atoms with Crippen molar-refractivity contribution in [2.75, 3.05) is 45.4 Å². The van der Waals surface area contributed by atoms with Crippen LogP contribution in [0.25, 0.3) is 11.3 Å². The number of nitrogens with one attached hydrogen (secondary N) is 1. The van der Waals surface area contributed by atoms with E-state index in [1.807, 2.05) is 24.3 Å². The number of aromatic nitrogens is 2. The third-order valence-electron chi connectivity index (χ3n) is 5.36. The molecule has 0 bridgehead atoms. The van der Waals surface area contributed by atoms with Crippen molar-refractivity contribution in [2.45, 2.75) is 44.8 Å². The zero-order valence-electron chi connectivity index (χ0n) is 18.5. The van der Waals surface area contributed by atoms with Gasteiger partial charge in [0.2, 0.25) is 0 Å². The Bertz CT molecular complexity index is 809. The molecule has 7 heteroatoms. The maximum Gasteiger partial charge on any atom is 0.133 e. The summed E-state index contributed by atoms with van der Waals surface area (Å²) in [5, 5.41) is 12.8. The lowest BCUT2D eigenvalue weighted by molar-refractivity contribution is 0.0853. The van der Waals surface area contributed by atoms with E-state index in [2.05, 4.69) is 37.2 Å². The zero-order chi connectivity index (χ0) is 21.5. The van der Waals surface area contributed by atoms with Crippen LogP contribution in [0.3, 0.4) is 0 Å². The Kier molecular flexibility index (Phi) is 8.01. The second-order valence-electron chi connectivity index (χ2n) is 8.13. The van der Waals surface area contributed by atoms with Crippen molar-refractivity contribution < 1.29 is 14.6 Å². The summed E-state index contributed by atoms with van der Waals surface area (Å²) in [5.74, 6) is 2.71. The number of hydrogen-bond acceptors (Lipinski definition) is 7. The average Bonchev–Trinajstić information content (AvgIpc) is 2.78. The van der Waals surface area contributed by atoms with Crippen LogP contribution in [0, 0.1) is 0 Å². The van der Waals surface area contributed by atoms with E-state index < -0.39 is 6.10 Å². The fourth-order valence-electron chi connectivity index (χ4n) is 3.53. The predicted molar refractivity (Wildman–Crippen MR) is 119 cm³/mol. The first-order chi connectivity index (χ1) is 14.5. The highest BCUT2D eigenvalue weighted by Crippen LogP contribution is 2.28. The van der Waals surface area contributed by atoms with Crippen molar-refractivity contribution in [1.82, 2.24) is 15.3 Å². The van der Waals surface area contributed by atoms with Gasteiger partial charge in [0, 0.05) is 50.4 Å². The summed E-state index contributed by atoms with van der Waals surface area (Å²) in [6, 6.07) is 10.3. The molecule has 2 N–H and O–H groups in total. The van der Waals surface area contributed by atoms with Gasteiger partial charge in [0.1, 0.15) is 30.1 Å². The molecule has 1 fully saturated rings. The molecule has 1 unspecified atom stereocenters. The van der Waals surface area contributed by atoms with Gasteiger partial charge in [-0.25, -0.2) is 9.97 Å². The van der Waals surface area contributed by atoms with Crippen LogP contribution in [0.1, 0.15) is 38.4 Å². The molecule has 7 nitrogen and oxygen atoms in total. The van der Waals surface area contributed by atoms with Crippen molar-refractivity contribution in [2.24, 2.45) is 0 Å². The molecule has 1 atom stereocenters. The molecule has 1 aliphatic heterocycles. The first kappa shape index (κ1) is 22.5. The van der Waals surface area contributed by atoms with Crippen LogP contribution in [0.2, 0.25) is 0 Å². The molecule has 30 heavy (non-hydrogen) atoms. The van der Waals surface area contributed by atoms with Gasteiger partial charge in [-0.2, -0.15) is 0 Å². The highest BCUT2D eigenvalue weighted by atomic mass is 16.5. The highest BCUT2D eigenvalue weighted by molar-refractivity contribution is 5.64. The van der Waals surface area contributed by atoms with Gasteiger partial charge < -0.3 is 24.8 Å². The molecular formula is C23H34N4O3. The topological polar surface area (TPSA) is 79.7 Å². The number of nitrogens with zero attached hydrogens (tertiary/aromatic N) is 3. The quantitative estimate of drug-likeness (QED) is 0.653. The standard InChI is InChI=1S/C23H34N4O3/c1-16(2)23-25-21(13-22(26-23)27(4)18-8-10-29-11-9-18)17-6-5-7-20(12-17)30-15-19(28)14-24-3/h5-7,12-13,16,18-19,24,28H,8-11,14-15H2,1-4H3. The smallest absolute Gasteiger partial charge is 0.133 e. The van der Waals surface area contributed by atoms with Crippen molar-refractivity contribution >= 4 is 5.82 Å². The number of likely N-dealkylation sites (N-methyl/N-ethyl adjacent to an activating group) is 1. The fraction of sp³-hybridized carbons (Fsp3) is 0.565. The van der Waals surface area contributed by atoms with E-state index in [9.17, 15) is 5.11 Å². The summed E-state index contributed by atoms with van der Waals surface area (Å²) >= 11 is 0. The highest BCUT2D eigenvalue weighted by Gasteiger charge is 2.21. The molecule has 3 rings (SSSR count). The largest absolute Gasteiger partial charge is 0.491 e. The molecule has 0 aliphatic carbocycles. The second-order valence-corrected chi connectivity index (χ2v) is 8.13. The van der Waals surface area contributed by atoms with E-state index in [-0.39, 0.29) is 12.5 Å². The predicted octanol–water partition coefficient (Wildman–Crippen LogP) is 2.84. The molecule has 1 aromatic heterocycles. The van der Waals surface area contributed by atoms with Gasteiger partial charge >= 0.3 is 0 Å². The summed E-state index contributed by atoms with van der Waals surface area (Å²) in [6.45, 7) is 6.54. The number of benzene rings is 1. The van der Waals surface area contributed by atoms with Gasteiger partial charge in [0.25, 0.3) is 0 Å². The molecule has 0 radical (unpaired) electrons. The Morgan fingerprint density at radius 1 is 1.23 bits per heavy atom. The first-order valence-corrected chi connectivity index (χ1v) is 10.7. The van der Waals surface area contributed by atoms with Crippen molar-refractivity contribution in [3.8, 4) is 17.0 Å². The van der Waals surface area contributed by atoms with E-state index >= 15 is 0 Å². The second kappa shape index (κ2) is 10.7. The van der Waals surface area contributed by atoms with Gasteiger partial charge in [0.05, 0.1) is 5.69 Å². The maximum atomic E-state index is 9.89. The number of aliphatic hydroxyl groups excluding tert-OH is 1. The van der Waals surface area contributed by atoms with Crippen molar-refractivity contribution in [3.05, 3.63) is 36.2 Å². The Morgan fingerprint density at radius 2 is 2.00 bits per heavy atom. The summed E-state index contributed by atoms with van der Waals surface area (Å²) in [7, 11) is 3.91. The van der Waals surface area contributed by atoms with Crippen LogP contribution in [0.5, 0.6) is 5.75 Å². The Hall–Kier alpha value is -2.22. The third-order valence-corrected chi connectivity index (χ3v) is 5.36. The summed E-state index contributed by atoms with van der Waals surface area (Å²) in [6.07, 6.45) is 1.46. The minimum absolute atomic E-state index is 0.225. The Labute approximate surface area is 179 Å². The Morgan fingerprint density at radius 3 is 2.70 bits per heavy atom. The monoisotopic (exact) mass is 414 g/mol. The van der Waals surface area contributed by atoms with Crippen molar-refractivity contribution in [1.29, 1.82) is 0 Å². The molecule has 164 valence electrons. The molecule has 0 amide bonds. The SMILES string of the molecule is CNCC(O)COc1cccc(-c2cc(N(C)C3CCOCC3)nc(C(C)C)n2)c1. The number of rotatable bonds is 9. The third kappa shape index (κ3) is 5.90. The van der Waals surface area contributed by atoms with E-state index in [1.54, 1.807) is 7.05 Å². The van der Waals surface area contributed by atoms with E-state index in [1.165, 1.54) is 0 Å². The van der Waals surface area contributed by atoms with E-state index in [0.29, 0.717) is 18.3 Å². The van der Waals surface area contributed by atoms with Crippen LogP contribution in [-0.2, 0) is 4.74 Å². The number of aliphatic hydroxyl groups is 1. The number of ether oxygens (including phenoxy) is 2. The minimum Gasteiger partial charge on any atom is -0.491 e. The lowest BCUT2D eigenvalue weighted by atomic mass is 10.1. The molecule has 1 aromatic carbocycles. The first-order valence-electron chi connectivity index (χ1n) is 10.7. The minimum atomic E-state index is -0.551. The molecule has 1 aliphatic rings. The summed E-state index contributed by atoms with van der Waals surface area (Å²) in [5.41, 5.74) is 1.85. The zero-order valence-corrected chi connectivity index (χ0v) is 18.5. The van der Waals surface area contributed by atoms with Crippen molar-refractivity contribution in [3.63, 3.8) is 0 Å². The Balaban J connectivity index is 1.85. The van der Waals surface area contributed by atoms with Gasteiger partial charge in [-0.1, -0.05) is 26.0 Å². The van der Waals surface area contributed by atoms with Crippen LogP contribution >= 0.6 is 0 Å².